The second kappa shape index (κ2) is 17.6. The molecular formula is C32H26F12N6O2P2Ru. The third kappa shape index (κ3) is 27.3. The molecule has 0 atom stereocenters. The number of carboxylic acid groups (broad SMARTS) is 1. The van der Waals surface area contributed by atoms with Crippen LogP contribution in [-0.2, 0) is 19.5 Å². The summed E-state index contributed by atoms with van der Waals surface area (Å²) in [6, 6.07) is 29.9. The van der Waals surface area contributed by atoms with Crippen molar-refractivity contribution in [1.29, 1.82) is 0 Å². The topological polar surface area (TPSA) is 115 Å². The van der Waals surface area contributed by atoms with Crippen LogP contribution in [0, 0.1) is 6.92 Å². The molecule has 0 bridgehead atoms. The van der Waals surface area contributed by atoms with Crippen molar-refractivity contribution in [3.8, 4) is 34.2 Å². The summed E-state index contributed by atoms with van der Waals surface area (Å²) in [4.78, 5) is 35.8. The molecule has 1 N–H and O–H groups in total. The van der Waals surface area contributed by atoms with E-state index in [2.05, 4.69) is 29.9 Å². The summed E-state index contributed by atoms with van der Waals surface area (Å²) >= 11 is 0. The van der Waals surface area contributed by atoms with Crippen molar-refractivity contribution in [1.82, 2.24) is 29.9 Å². The molecule has 8 nitrogen and oxygen atoms in total. The molecule has 6 aromatic heterocycles. The molecule has 0 fully saturated rings. The number of hydrogen-bond acceptors (Lipinski definition) is 7. The van der Waals surface area contributed by atoms with Crippen LogP contribution in [0.15, 0.2) is 134 Å². The van der Waals surface area contributed by atoms with Crippen LogP contribution in [0.5, 0.6) is 0 Å². The maximum Gasteiger partial charge on any atom is 2.00 e. The number of pyridine rings is 6. The van der Waals surface area contributed by atoms with Crippen LogP contribution in [0.1, 0.15) is 15.9 Å². The van der Waals surface area contributed by atoms with E-state index in [0.717, 1.165) is 28.3 Å². The second-order valence-electron chi connectivity index (χ2n) is 10.2. The van der Waals surface area contributed by atoms with E-state index < -0.39 is 21.6 Å². The van der Waals surface area contributed by atoms with E-state index in [1.165, 1.54) is 18.3 Å². The normalized spacial score (nSPS) is 13.0. The fraction of sp³-hybridized carbons (Fsp3) is 0.0312. The van der Waals surface area contributed by atoms with Crippen molar-refractivity contribution in [2.24, 2.45) is 0 Å². The van der Waals surface area contributed by atoms with Crippen LogP contribution in [0.3, 0.4) is 0 Å². The average Bonchev–Trinajstić information content (AvgIpc) is 3.08. The number of rotatable bonds is 4. The zero-order valence-electron chi connectivity index (χ0n) is 27.5. The van der Waals surface area contributed by atoms with E-state index in [-0.39, 0.29) is 25.0 Å². The van der Waals surface area contributed by atoms with E-state index in [4.69, 9.17) is 5.11 Å². The Labute approximate surface area is 317 Å². The largest absolute Gasteiger partial charge is 2.00 e. The van der Waals surface area contributed by atoms with Crippen molar-refractivity contribution in [3.05, 3.63) is 145 Å². The number of aromatic nitrogens is 6. The van der Waals surface area contributed by atoms with Crippen LogP contribution in [0.2, 0.25) is 0 Å². The van der Waals surface area contributed by atoms with Gasteiger partial charge in [0.1, 0.15) is 0 Å². The van der Waals surface area contributed by atoms with Gasteiger partial charge < -0.3 is 5.11 Å². The SMILES string of the molecule is Cc1ccnc(-c2cc(C(=O)O)ccn2)c1.F[P-](F)(F)(F)(F)F.F[P-](F)(F)(F)(F)F.[Ru+2].c1ccc(-c2ccccn2)nc1.c1ccc(-c2ccccn2)nc1. The first-order valence-corrected chi connectivity index (χ1v) is 18.5. The molecule has 0 saturated carbocycles. The number of aryl methyl sites for hydroxylation is 1. The van der Waals surface area contributed by atoms with E-state index in [9.17, 15) is 55.2 Å². The maximum absolute atomic E-state index is 10.8. The standard InChI is InChI=1S/C12H10N2O2.2C10H8N2.2F6P.Ru/c1-8-2-4-13-10(6-8)11-7-9(12(15)16)3-5-14-11;2*1-3-7-11-9(5-1)10-6-2-4-8-12-10;2*1-7(2,3,4,5)6;/h2-7H,1H3,(H,15,16);2*1-8H;;;/q;;;2*-1;+2. The van der Waals surface area contributed by atoms with Gasteiger partial charge in [-0.05, 0) is 85.3 Å². The summed E-state index contributed by atoms with van der Waals surface area (Å²) in [5, 5.41) is 8.86. The van der Waals surface area contributed by atoms with Crippen LogP contribution in [0.4, 0.5) is 50.4 Å². The van der Waals surface area contributed by atoms with Gasteiger partial charge >= 0.3 is 91.4 Å². The van der Waals surface area contributed by atoms with Crippen molar-refractivity contribution in [2.45, 2.75) is 6.92 Å². The van der Waals surface area contributed by atoms with Crippen molar-refractivity contribution >= 4 is 21.6 Å². The Bertz CT molecular complexity index is 1890. The predicted molar refractivity (Wildman–Crippen MR) is 181 cm³/mol. The molecule has 6 rings (SSSR count). The van der Waals surface area contributed by atoms with Gasteiger partial charge in [0.15, 0.2) is 0 Å². The van der Waals surface area contributed by atoms with Crippen LogP contribution < -0.4 is 0 Å². The molecule has 0 unspecified atom stereocenters. The third-order valence-electron chi connectivity index (χ3n) is 5.37. The first-order valence-electron chi connectivity index (χ1n) is 14.4. The molecular weight excluding hydrogens is 891 g/mol. The van der Waals surface area contributed by atoms with Gasteiger partial charge in [-0.25, -0.2) is 4.79 Å². The fourth-order valence-electron chi connectivity index (χ4n) is 3.44. The second-order valence-corrected chi connectivity index (χ2v) is 14.1. The predicted octanol–water partition coefficient (Wildman–Crippen LogP) is 13.2. The molecule has 0 aliphatic carbocycles. The van der Waals surface area contributed by atoms with Crippen molar-refractivity contribution in [2.75, 3.05) is 0 Å². The Balaban J connectivity index is 0.000000355. The third-order valence-corrected chi connectivity index (χ3v) is 5.37. The Morgan fingerprint density at radius 2 is 0.709 bits per heavy atom. The number of halogens is 12. The minimum absolute atomic E-state index is 0. The van der Waals surface area contributed by atoms with Gasteiger partial charge in [-0.3, -0.25) is 29.9 Å². The molecule has 0 spiro atoms. The molecule has 0 aliphatic heterocycles. The molecule has 298 valence electrons. The summed E-state index contributed by atoms with van der Waals surface area (Å²) in [5.74, 6) is -0.962. The Kier molecular flexibility index (Phi) is 15.4. The number of carbonyl (C=O) groups is 1. The summed E-state index contributed by atoms with van der Waals surface area (Å²) in [7, 11) is -21.3. The zero-order chi connectivity index (χ0) is 40.8. The first-order chi connectivity index (χ1) is 24.5. The fourth-order valence-corrected chi connectivity index (χ4v) is 3.44. The van der Waals surface area contributed by atoms with Gasteiger partial charge in [0.2, 0.25) is 0 Å². The van der Waals surface area contributed by atoms with Crippen LogP contribution in [0.25, 0.3) is 34.2 Å². The first kappa shape index (κ1) is 48.0. The maximum atomic E-state index is 10.8. The smallest absolute Gasteiger partial charge is 0.255 e. The van der Waals surface area contributed by atoms with E-state index >= 15 is 0 Å². The Morgan fingerprint density at radius 3 is 0.964 bits per heavy atom. The number of aromatic carboxylic acids is 1. The summed E-state index contributed by atoms with van der Waals surface area (Å²) in [6.07, 6.45) is 10.2. The van der Waals surface area contributed by atoms with Crippen molar-refractivity contribution in [3.63, 3.8) is 0 Å². The molecule has 6 heterocycles. The van der Waals surface area contributed by atoms with Gasteiger partial charge in [0, 0.05) is 37.2 Å². The summed E-state index contributed by atoms with van der Waals surface area (Å²) in [5.41, 5.74) is 6.19. The molecule has 6 aromatic rings. The number of hydrogen-bond donors (Lipinski definition) is 1. The number of nitrogens with zero attached hydrogens (tertiary/aromatic N) is 6. The van der Waals surface area contributed by atoms with Crippen LogP contribution in [-0.4, -0.2) is 41.0 Å². The van der Waals surface area contributed by atoms with Gasteiger partial charge in [0.25, 0.3) is 0 Å². The molecule has 0 radical (unpaired) electrons. The van der Waals surface area contributed by atoms with Crippen LogP contribution >= 0.6 is 15.6 Å². The minimum Gasteiger partial charge on any atom is -0.255 e. The molecule has 0 saturated heterocycles. The molecule has 0 aliphatic rings. The van der Waals surface area contributed by atoms with E-state index in [0.29, 0.717) is 11.4 Å². The monoisotopic (exact) mass is 918 g/mol. The summed E-state index contributed by atoms with van der Waals surface area (Å²) < 4.78 is 118. The van der Waals surface area contributed by atoms with Gasteiger partial charge in [0.05, 0.1) is 39.7 Å². The van der Waals surface area contributed by atoms with Gasteiger partial charge in [-0.1, -0.05) is 24.3 Å². The number of carboxylic acids is 1. The Hall–Kier alpha value is -4.99. The van der Waals surface area contributed by atoms with E-state index in [1.54, 1.807) is 31.0 Å². The minimum atomic E-state index is -10.7. The molecule has 0 amide bonds. The zero-order valence-corrected chi connectivity index (χ0v) is 31.1. The average molecular weight is 918 g/mol. The Morgan fingerprint density at radius 1 is 0.436 bits per heavy atom. The molecule has 0 aromatic carbocycles. The van der Waals surface area contributed by atoms with Gasteiger partial charge in [-0.15, -0.1) is 0 Å². The molecule has 23 heteroatoms. The van der Waals surface area contributed by atoms with Crippen molar-refractivity contribution < 1.29 is 79.7 Å². The van der Waals surface area contributed by atoms with Gasteiger partial charge in [-0.2, -0.15) is 0 Å². The molecule has 55 heavy (non-hydrogen) atoms. The summed E-state index contributed by atoms with van der Waals surface area (Å²) in [6.45, 7) is 1.95. The van der Waals surface area contributed by atoms with E-state index in [1.807, 2.05) is 91.9 Å². The quantitative estimate of drug-likeness (QED) is 0.106.